The summed E-state index contributed by atoms with van der Waals surface area (Å²) in [6.45, 7) is 2.98. The van der Waals surface area contributed by atoms with Crippen molar-refractivity contribution < 1.29 is 144 Å². The van der Waals surface area contributed by atoms with Gasteiger partial charge in [-0.05, 0) is 91.3 Å². The Bertz CT molecular complexity index is 2180. The molecule has 0 amide bonds. The number of hydrogen-bond acceptors (Lipinski definition) is 29. The summed E-state index contributed by atoms with van der Waals surface area (Å²) in [6.07, 6.45) is -41.6. The molecule has 11 rings (SSSR count). The van der Waals surface area contributed by atoms with Crippen LogP contribution < -0.4 is 0 Å². The van der Waals surface area contributed by atoms with Gasteiger partial charge in [-0.1, -0.05) is 20.8 Å². The van der Waals surface area contributed by atoms with E-state index in [4.69, 9.17) is 56.8 Å². The highest BCUT2D eigenvalue weighted by Gasteiger charge is 2.71. The van der Waals surface area contributed by atoms with E-state index < -0.39 is 205 Å². The highest BCUT2D eigenvalue weighted by Crippen LogP contribution is 2.70. The molecule has 11 aliphatic rings. The van der Waals surface area contributed by atoms with Crippen LogP contribution in [0.1, 0.15) is 78.6 Å². The first-order chi connectivity index (χ1) is 39.9. The number of aliphatic hydroxyl groups excluding tert-OH is 17. The third-order valence-corrected chi connectivity index (χ3v) is 21.7. The first-order valence-electron chi connectivity index (χ1n) is 30.0. The standard InChI is InChI=1S/C55H90O29/c1-19-6-9-55(74-17-19)11-23-43(84-55)36(66)31-21-5-4-20-10-26(24(60)12-54(20,3)22(21)7-8-53(23,31)2)75-49-41(71)38(68)44(30(16-59)79-49)80-52-47(46(35(65)29(15-58)78-52)82-48-39(69)32(62)25(61)18-73-48)83-51-42(72)45(34(64)28(14-57)77-51)81-50-40(70)37(67)33(63)27(13-56)76-50/h19-52,56-72H,4-18H2,1-3H3/t19-,20?,21?,22?,23?,24-,25-,26?,27-,28-,29-,30-,31?,32+,33-,34+,35-,36+,37+,38-,39-,40-,41-,42-,43?,44?,45+,46?,47-,48?,49?,50?,51?,52?,53-,54+,55?/m1/s1. The van der Waals surface area contributed by atoms with E-state index in [2.05, 4.69) is 20.8 Å². The van der Waals surface area contributed by atoms with Gasteiger partial charge in [-0.25, -0.2) is 0 Å². The van der Waals surface area contributed by atoms with Crippen molar-refractivity contribution >= 4 is 0 Å². The number of rotatable bonds is 14. The Morgan fingerprint density at radius 2 is 1.01 bits per heavy atom. The van der Waals surface area contributed by atoms with Crippen LogP contribution >= 0.6 is 0 Å². The molecule has 4 saturated carbocycles. The lowest BCUT2D eigenvalue weighted by Gasteiger charge is -2.62. The van der Waals surface area contributed by atoms with Crippen molar-refractivity contribution in [3.63, 3.8) is 0 Å². The minimum Gasteiger partial charge on any atom is -0.394 e. The molecule has 7 heterocycles. The van der Waals surface area contributed by atoms with Crippen LogP contribution in [0.2, 0.25) is 0 Å². The molecule has 29 heteroatoms. The van der Waals surface area contributed by atoms with Gasteiger partial charge in [0.25, 0.3) is 0 Å². The quantitative estimate of drug-likeness (QED) is 0.0719. The fourth-order valence-electron chi connectivity index (χ4n) is 16.9. The largest absolute Gasteiger partial charge is 0.394 e. The zero-order valence-electron chi connectivity index (χ0n) is 47.2. The fourth-order valence-corrected chi connectivity index (χ4v) is 16.9. The maximum Gasteiger partial charge on any atom is 0.187 e. The summed E-state index contributed by atoms with van der Waals surface area (Å²) in [5.41, 5.74) is -0.495. The van der Waals surface area contributed by atoms with Crippen molar-refractivity contribution in [2.75, 3.05) is 39.6 Å². The molecule has 0 aromatic heterocycles. The van der Waals surface area contributed by atoms with Gasteiger partial charge in [-0.15, -0.1) is 0 Å². The Morgan fingerprint density at radius 3 is 1.68 bits per heavy atom. The fraction of sp³-hybridized carbons (Fsp3) is 1.00. The number of aliphatic hydroxyl groups is 17. The third kappa shape index (κ3) is 11.3. The first-order valence-corrected chi connectivity index (χ1v) is 30.0. The lowest BCUT2D eigenvalue weighted by Crippen LogP contribution is -2.69. The average molecular weight is 1220 g/mol. The van der Waals surface area contributed by atoms with Crippen molar-refractivity contribution in [1.82, 2.24) is 0 Å². The topological polar surface area (TPSA) is 455 Å². The second-order valence-electron chi connectivity index (χ2n) is 26.5. The van der Waals surface area contributed by atoms with Crippen molar-refractivity contribution in [3.8, 4) is 0 Å². The Hall–Kier alpha value is -1.16. The van der Waals surface area contributed by atoms with Gasteiger partial charge in [0, 0.05) is 12.8 Å². The van der Waals surface area contributed by atoms with Crippen molar-refractivity contribution in [3.05, 3.63) is 0 Å². The van der Waals surface area contributed by atoms with E-state index in [0.717, 1.165) is 44.9 Å². The molecular formula is C55H90O29. The second kappa shape index (κ2) is 25.1. The highest BCUT2D eigenvalue weighted by atomic mass is 16.8. The SMILES string of the molecule is C[C@@H]1CCC2(CC3C(O2)[C@@H](O)C2C4CCC5CC(OC6O[C@H](CO)C(OC7O[C@H](CO)[C@@H](O)C(OC8OC[C@@H](O)[C@H](O)[C@H]8O)[C@H]7OC7O[C@H](CO)[C@H](O)[C@H](OC8O[C@H](CO)[C@@H](O)[C@H](O)[C@H]8O)[C@H]7O)[C@H](O)[C@H]6O)[C@H](O)C[C@]5(C)C4CC[C@]32C)OC1. The van der Waals surface area contributed by atoms with Crippen LogP contribution in [0.25, 0.3) is 0 Å². The van der Waals surface area contributed by atoms with E-state index in [1.54, 1.807) is 0 Å². The summed E-state index contributed by atoms with van der Waals surface area (Å²) in [5, 5.41) is 188. The van der Waals surface area contributed by atoms with E-state index in [1.807, 2.05) is 0 Å². The molecule has 29 nitrogen and oxygen atoms in total. The van der Waals surface area contributed by atoms with Gasteiger partial charge in [0.05, 0.1) is 64.1 Å². The number of ether oxygens (including phenoxy) is 12. The van der Waals surface area contributed by atoms with Crippen LogP contribution in [0, 0.1) is 46.3 Å². The predicted molar refractivity (Wildman–Crippen MR) is 273 cm³/mol. The highest BCUT2D eigenvalue weighted by molar-refractivity contribution is 5.18. The summed E-state index contributed by atoms with van der Waals surface area (Å²) in [6, 6.07) is 0. The van der Waals surface area contributed by atoms with E-state index in [1.165, 1.54) is 0 Å². The Balaban J connectivity index is 0.795. The molecular weight excluding hydrogens is 1120 g/mol. The minimum atomic E-state index is -2.21. The average Bonchev–Trinajstić information content (AvgIpc) is 1.52. The van der Waals surface area contributed by atoms with Crippen molar-refractivity contribution in [2.45, 2.75) is 256 Å². The Kier molecular flexibility index (Phi) is 19.3. The molecule has 37 atom stereocenters. The van der Waals surface area contributed by atoms with Crippen LogP contribution in [0.15, 0.2) is 0 Å². The summed E-state index contributed by atoms with van der Waals surface area (Å²) in [5.74, 6) is 0.409. The van der Waals surface area contributed by atoms with Gasteiger partial charge in [0.1, 0.15) is 116 Å². The zero-order valence-corrected chi connectivity index (χ0v) is 47.2. The molecule has 84 heavy (non-hydrogen) atoms. The van der Waals surface area contributed by atoms with E-state index in [0.29, 0.717) is 25.4 Å². The van der Waals surface area contributed by atoms with E-state index in [9.17, 15) is 86.8 Å². The lowest BCUT2D eigenvalue weighted by atomic mass is 9.44. The summed E-state index contributed by atoms with van der Waals surface area (Å²) in [7, 11) is 0. The molecule has 484 valence electrons. The summed E-state index contributed by atoms with van der Waals surface area (Å²) in [4.78, 5) is 0. The monoisotopic (exact) mass is 1210 g/mol. The van der Waals surface area contributed by atoms with Crippen LogP contribution in [0.4, 0.5) is 0 Å². The second-order valence-corrected chi connectivity index (χ2v) is 26.5. The van der Waals surface area contributed by atoms with E-state index in [-0.39, 0.29) is 46.5 Å². The van der Waals surface area contributed by atoms with Gasteiger partial charge in [0.15, 0.2) is 37.2 Å². The number of fused-ring (bicyclic) bond motifs is 7. The zero-order chi connectivity index (χ0) is 60.2. The smallest absolute Gasteiger partial charge is 0.187 e. The predicted octanol–water partition coefficient (Wildman–Crippen LogP) is -6.75. The van der Waals surface area contributed by atoms with Gasteiger partial charge < -0.3 is 144 Å². The molecule has 0 bridgehead atoms. The summed E-state index contributed by atoms with van der Waals surface area (Å²) < 4.78 is 72.5. The third-order valence-electron chi connectivity index (χ3n) is 21.7. The van der Waals surface area contributed by atoms with Crippen LogP contribution in [0.5, 0.6) is 0 Å². The molecule has 0 aromatic carbocycles. The minimum absolute atomic E-state index is 0.00876. The normalized spacial score (nSPS) is 57.7. The maximum atomic E-state index is 12.2. The molecule has 0 aromatic rings. The van der Waals surface area contributed by atoms with Crippen LogP contribution in [-0.4, -0.2) is 304 Å². The molecule has 7 saturated heterocycles. The first kappa shape index (κ1) is 64.4. The van der Waals surface area contributed by atoms with Crippen molar-refractivity contribution in [1.29, 1.82) is 0 Å². The molecule has 0 radical (unpaired) electrons. The summed E-state index contributed by atoms with van der Waals surface area (Å²) >= 11 is 0. The van der Waals surface area contributed by atoms with Crippen LogP contribution in [-0.2, 0) is 56.8 Å². The Morgan fingerprint density at radius 1 is 0.440 bits per heavy atom. The molecule has 15 unspecified atom stereocenters. The Labute approximate surface area is 484 Å². The molecule has 1 spiro atoms. The van der Waals surface area contributed by atoms with Gasteiger partial charge >= 0.3 is 0 Å². The van der Waals surface area contributed by atoms with Crippen molar-refractivity contribution in [2.24, 2.45) is 46.3 Å². The molecule has 17 N–H and O–H groups in total. The van der Waals surface area contributed by atoms with Gasteiger partial charge in [-0.3, -0.25) is 0 Å². The van der Waals surface area contributed by atoms with Gasteiger partial charge in [-0.2, -0.15) is 0 Å². The maximum absolute atomic E-state index is 12.2. The van der Waals surface area contributed by atoms with Gasteiger partial charge in [0.2, 0.25) is 0 Å². The molecule has 7 aliphatic heterocycles. The molecule has 11 fully saturated rings. The lowest BCUT2D eigenvalue weighted by molar-refractivity contribution is -0.410. The van der Waals surface area contributed by atoms with E-state index >= 15 is 0 Å². The van der Waals surface area contributed by atoms with Crippen LogP contribution in [0.3, 0.4) is 0 Å². The molecule has 4 aliphatic carbocycles. The number of hydrogen-bond donors (Lipinski definition) is 17.